The minimum Gasteiger partial charge on any atom is -0.484 e. The van der Waals surface area contributed by atoms with E-state index in [1.54, 1.807) is 0 Å². The van der Waals surface area contributed by atoms with Gasteiger partial charge in [-0.1, -0.05) is 48.9 Å². The van der Waals surface area contributed by atoms with Crippen LogP contribution in [0.3, 0.4) is 0 Å². The van der Waals surface area contributed by atoms with Gasteiger partial charge in [0.05, 0.1) is 6.61 Å². The number of rotatable bonds is 6. The Balaban J connectivity index is 2.26. The number of halogens is 1. The predicted molar refractivity (Wildman–Crippen MR) is 85.5 cm³/mol. The highest BCUT2D eigenvalue weighted by atomic mass is 35.5. The lowest BCUT2D eigenvalue weighted by Crippen LogP contribution is -2.31. The van der Waals surface area contributed by atoms with Gasteiger partial charge in [0.1, 0.15) is 11.9 Å². The molecule has 0 spiro atoms. The zero-order valence-corrected chi connectivity index (χ0v) is 12.8. The number of hydrogen-bond donors (Lipinski definition) is 2. The molecule has 0 aliphatic rings. The first-order valence-corrected chi connectivity index (χ1v) is 7.40. The molecular formula is C17H20ClNO2. The van der Waals surface area contributed by atoms with Crippen LogP contribution in [0.25, 0.3) is 0 Å². The summed E-state index contributed by atoms with van der Waals surface area (Å²) in [6.45, 7) is 2.04. The molecule has 0 bridgehead atoms. The highest BCUT2D eigenvalue weighted by Crippen LogP contribution is 2.30. The molecular weight excluding hydrogens is 286 g/mol. The maximum Gasteiger partial charge on any atom is 0.140 e. The van der Waals surface area contributed by atoms with E-state index in [9.17, 15) is 0 Å². The van der Waals surface area contributed by atoms with E-state index in [0.717, 1.165) is 17.5 Å². The lowest BCUT2D eigenvalue weighted by atomic mass is 10.0. The molecule has 0 aliphatic heterocycles. The van der Waals surface area contributed by atoms with E-state index in [0.29, 0.717) is 10.8 Å². The third kappa shape index (κ3) is 3.97. The zero-order valence-electron chi connectivity index (χ0n) is 12.0. The Morgan fingerprint density at radius 1 is 1.14 bits per heavy atom. The molecule has 4 heteroatoms. The molecule has 0 aromatic heterocycles. The van der Waals surface area contributed by atoms with Crippen molar-refractivity contribution in [2.24, 2.45) is 5.73 Å². The fraction of sp³-hybridized carbons (Fsp3) is 0.294. The van der Waals surface area contributed by atoms with Crippen LogP contribution in [0.1, 0.15) is 30.6 Å². The number of ether oxygens (including phenoxy) is 1. The van der Waals surface area contributed by atoms with Crippen molar-refractivity contribution in [1.82, 2.24) is 0 Å². The molecule has 0 saturated heterocycles. The standard InChI is InChI=1S/C17H20ClNO2/c1-2-16(19)17(14-5-3-4-6-15(14)18)21-13-9-7-12(11-20)8-10-13/h3-10,16-17,20H,2,11,19H2,1H3. The summed E-state index contributed by atoms with van der Waals surface area (Å²) in [5.41, 5.74) is 7.93. The van der Waals surface area contributed by atoms with Crippen molar-refractivity contribution in [3.05, 3.63) is 64.7 Å². The summed E-state index contributed by atoms with van der Waals surface area (Å²) in [5, 5.41) is 9.72. The van der Waals surface area contributed by atoms with E-state index in [-0.39, 0.29) is 18.8 Å². The van der Waals surface area contributed by atoms with Gasteiger partial charge in [0, 0.05) is 16.6 Å². The average molecular weight is 306 g/mol. The summed E-state index contributed by atoms with van der Waals surface area (Å²) in [7, 11) is 0. The van der Waals surface area contributed by atoms with Crippen molar-refractivity contribution in [2.45, 2.75) is 32.1 Å². The van der Waals surface area contributed by atoms with E-state index in [2.05, 4.69) is 0 Å². The molecule has 112 valence electrons. The van der Waals surface area contributed by atoms with Gasteiger partial charge in [-0.2, -0.15) is 0 Å². The number of aliphatic hydroxyl groups is 1. The van der Waals surface area contributed by atoms with Crippen molar-refractivity contribution < 1.29 is 9.84 Å². The average Bonchev–Trinajstić information content (AvgIpc) is 2.53. The largest absolute Gasteiger partial charge is 0.484 e. The fourth-order valence-corrected chi connectivity index (χ4v) is 2.36. The summed E-state index contributed by atoms with van der Waals surface area (Å²) in [5.74, 6) is 0.709. The Bertz CT molecular complexity index is 571. The van der Waals surface area contributed by atoms with Crippen molar-refractivity contribution >= 4 is 11.6 Å². The SMILES string of the molecule is CCC(N)C(Oc1ccc(CO)cc1)c1ccccc1Cl. The van der Waals surface area contributed by atoms with Crippen LogP contribution in [0.2, 0.25) is 5.02 Å². The highest BCUT2D eigenvalue weighted by molar-refractivity contribution is 6.31. The second-order valence-electron chi connectivity index (χ2n) is 4.93. The first-order valence-electron chi connectivity index (χ1n) is 7.02. The topological polar surface area (TPSA) is 55.5 Å². The van der Waals surface area contributed by atoms with Crippen LogP contribution in [0.5, 0.6) is 5.75 Å². The molecule has 2 aromatic carbocycles. The number of nitrogens with two attached hydrogens (primary N) is 1. The maximum atomic E-state index is 9.07. The van der Waals surface area contributed by atoms with Gasteiger partial charge < -0.3 is 15.6 Å². The molecule has 3 N–H and O–H groups in total. The molecule has 2 atom stereocenters. The molecule has 0 amide bonds. The Hall–Kier alpha value is -1.55. The van der Waals surface area contributed by atoms with Gasteiger partial charge in [0.25, 0.3) is 0 Å². The lowest BCUT2D eigenvalue weighted by molar-refractivity contribution is 0.171. The van der Waals surface area contributed by atoms with Crippen LogP contribution in [0.4, 0.5) is 0 Å². The van der Waals surface area contributed by atoms with E-state index >= 15 is 0 Å². The van der Waals surface area contributed by atoms with Gasteiger partial charge in [-0.05, 0) is 30.2 Å². The third-order valence-corrected chi connectivity index (χ3v) is 3.79. The van der Waals surface area contributed by atoms with Crippen molar-refractivity contribution in [1.29, 1.82) is 0 Å². The summed E-state index contributed by atoms with van der Waals surface area (Å²) >= 11 is 6.27. The first-order chi connectivity index (χ1) is 10.2. The molecule has 3 nitrogen and oxygen atoms in total. The second kappa shape index (κ2) is 7.46. The van der Waals surface area contributed by atoms with Crippen LogP contribution in [-0.2, 0) is 6.61 Å². The number of hydrogen-bond acceptors (Lipinski definition) is 3. The van der Waals surface area contributed by atoms with E-state index in [1.165, 1.54) is 0 Å². The molecule has 21 heavy (non-hydrogen) atoms. The minimum absolute atomic E-state index is 0.0166. The Labute approximate surface area is 130 Å². The smallest absolute Gasteiger partial charge is 0.140 e. The highest BCUT2D eigenvalue weighted by Gasteiger charge is 2.22. The molecule has 0 aliphatic carbocycles. The summed E-state index contributed by atoms with van der Waals surface area (Å²) in [6.07, 6.45) is 0.480. The molecule has 0 saturated carbocycles. The van der Waals surface area contributed by atoms with Crippen molar-refractivity contribution in [3.63, 3.8) is 0 Å². The summed E-state index contributed by atoms with van der Waals surface area (Å²) in [4.78, 5) is 0. The van der Waals surface area contributed by atoms with E-state index < -0.39 is 0 Å². The fourth-order valence-electron chi connectivity index (χ4n) is 2.12. The molecule has 0 fully saturated rings. The van der Waals surface area contributed by atoms with Crippen LogP contribution in [0.15, 0.2) is 48.5 Å². The third-order valence-electron chi connectivity index (χ3n) is 3.44. The van der Waals surface area contributed by atoms with Gasteiger partial charge in [-0.25, -0.2) is 0 Å². The Morgan fingerprint density at radius 3 is 2.38 bits per heavy atom. The molecule has 2 rings (SSSR count). The predicted octanol–water partition coefficient (Wildman–Crippen LogP) is 3.69. The number of aliphatic hydroxyl groups excluding tert-OH is 1. The quantitative estimate of drug-likeness (QED) is 0.856. The van der Waals surface area contributed by atoms with E-state index in [4.69, 9.17) is 27.2 Å². The Kier molecular flexibility index (Phi) is 5.62. The first kappa shape index (κ1) is 15.8. The normalized spacial score (nSPS) is 13.7. The van der Waals surface area contributed by atoms with Crippen LogP contribution >= 0.6 is 11.6 Å². The van der Waals surface area contributed by atoms with Gasteiger partial charge in [-0.15, -0.1) is 0 Å². The lowest BCUT2D eigenvalue weighted by Gasteiger charge is -2.25. The van der Waals surface area contributed by atoms with Crippen LogP contribution in [0, 0.1) is 0 Å². The number of benzene rings is 2. The molecule has 0 radical (unpaired) electrons. The van der Waals surface area contributed by atoms with Gasteiger partial charge >= 0.3 is 0 Å². The maximum absolute atomic E-state index is 9.07. The van der Waals surface area contributed by atoms with Crippen LogP contribution in [-0.4, -0.2) is 11.1 Å². The van der Waals surface area contributed by atoms with Crippen LogP contribution < -0.4 is 10.5 Å². The molecule has 0 heterocycles. The summed E-state index contributed by atoms with van der Waals surface area (Å²) < 4.78 is 6.04. The van der Waals surface area contributed by atoms with Gasteiger partial charge in [0.2, 0.25) is 0 Å². The minimum atomic E-state index is -0.302. The van der Waals surface area contributed by atoms with Crippen molar-refractivity contribution in [3.8, 4) is 5.75 Å². The van der Waals surface area contributed by atoms with E-state index in [1.807, 2.05) is 55.5 Å². The second-order valence-corrected chi connectivity index (χ2v) is 5.34. The van der Waals surface area contributed by atoms with Gasteiger partial charge in [0.15, 0.2) is 0 Å². The zero-order chi connectivity index (χ0) is 15.2. The van der Waals surface area contributed by atoms with Crippen molar-refractivity contribution in [2.75, 3.05) is 0 Å². The Morgan fingerprint density at radius 2 is 1.81 bits per heavy atom. The molecule has 2 unspecified atom stereocenters. The van der Waals surface area contributed by atoms with Gasteiger partial charge in [-0.3, -0.25) is 0 Å². The summed E-state index contributed by atoms with van der Waals surface area (Å²) in [6, 6.07) is 14.8. The molecule has 2 aromatic rings. The monoisotopic (exact) mass is 305 g/mol.